The van der Waals surface area contributed by atoms with Gasteiger partial charge in [0.1, 0.15) is 0 Å². The minimum Gasteiger partial charge on any atom is -0.312 e. The first-order valence-electron chi connectivity index (χ1n) is 8.63. The van der Waals surface area contributed by atoms with Gasteiger partial charge in [0.15, 0.2) is 5.13 Å². The lowest BCUT2D eigenvalue weighted by molar-refractivity contribution is -0.116. The average Bonchev–Trinajstić information content (AvgIpc) is 3.25. The van der Waals surface area contributed by atoms with Crippen molar-refractivity contribution in [1.82, 2.24) is 9.97 Å². The molecule has 1 aromatic carbocycles. The molecule has 27 heavy (non-hydrogen) atoms. The van der Waals surface area contributed by atoms with Crippen molar-refractivity contribution in [3.63, 3.8) is 0 Å². The highest BCUT2D eigenvalue weighted by atomic mass is 32.1. The molecule has 0 saturated heterocycles. The summed E-state index contributed by atoms with van der Waals surface area (Å²) in [6.45, 7) is 4.30. The SMILES string of the molecule is CC(=O)N1CCc2cc(-c3nc(NC(=O)c4ccncc4)sc3C)ccc21. The van der Waals surface area contributed by atoms with Gasteiger partial charge in [0.25, 0.3) is 5.91 Å². The van der Waals surface area contributed by atoms with Crippen molar-refractivity contribution in [2.75, 3.05) is 16.8 Å². The minimum absolute atomic E-state index is 0.0625. The van der Waals surface area contributed by atoms with Crippen LogP contribution in [0.15, 0.2) is 42.7 Å². The van der Waals surface area contributed by atoms with Crippen molar-refractivity contribution in [1.29, 1.82) is 0 Å². The third-order valence-electron chi connectivity index (χ3n) is 4.59. The van der Waals surface area contributed by atoms with Crippen LogP contribution < -0.4 is 10.2 Å². The van der Waals surface area contributed by atoms with Gasteiger partial charge in [-0.3, -0.25) is 19.9 Å². The molecule has 3 heterocycles. The predicted octanol–water partition coefficient (Wildman–Crippen LogP) is 3.67. The number of amides is 2. The van der Waals surface area contributed by atoms with E-state index in [2.05, 4.69) is 21.4 Å². The Morgan fingerprint density at radius 2 is 1.96 bits per heavy atom. The number of nitrogens with one attached hydrogen (secondary N) is 1. The summed E-state index contributed by atoms with van der Waals surface area (Å²) in [6, 6.07) is 9.38. The molecule has 0 atom stereocenters. The lowest BCUT2D eigenvalue weighted by Gasteiger charge is -2.14. The van der Waals surface area contributed by atoms with Crippen LogP contribution >= 0.6 is 11.3 Å². The Kier molecular flexibility index (Phi) is 4.45. The molecule has 0 unspecified atom stereocenters. The van der Waals surface area contributed by atoms with E-state index in [1.54, 1.807) is 36.4 Å². The summed E-state index contributed by atoms with van der Waals surface area (Å²) in [6.07, 6.45) is 4.02. The number of hydrogen-bond donors (Lipinski definition) is 1. The zero-order valence-electron chi connectivity index (χ0n) is 15.0. The van der Waals surface area contributed by atoms with Gasteiger partial charge in [-0.05, 0) is 43.2 Å². The van der Waals surface area contributed by atoms with Crippen LogP contribution in [0.25, 0.3) is 11.3 Å². The van der Waals surface area contributed by atoms with E-state index < -0.39 is 0 Å². The molecule has 1 aliphatic rings. The van der Waals surface area contributed by atoms with Gasteiger partial charge in [0.05, 0.1) is 5.69 Å². The number of nitrogens with zero attached hydrogens (tertiary/aromatic N) is 3. The molecule has 0 saturated carbocycles. The molecule has 0 aliphatic carbocycles. The highest BCUT2D eigenvalue weighted by Crippen LogP contribution is 2.35. The molecule has 7 heteroatoms. The van der Waals surface area contributed by atoms with Gasteiger partial charge in [-0.25, -0.2) is 4.98 Å². The van der Waals surface area contributed by atoms with Crippen LogP contribution in [0.4, 0.5) is 10.8 Å². The maximum Gasteiger partial charge on any atom is 0.257 e. The molecule has 2 aromatic heterocycles. The third kappa shape index (κ3) is 3.33. The van der Waals surface area contributed by atoms with Crippen LogP contribution in [0.3, 0.4) is 0 Å². The summed E-state index contributed by atoms with van der Waals surface area (Å²) >= 11 is 1.45. The van der Waals surface area contributed by atoms with Crippen LogP contribution in [-0.4, -0.2) is 28.3 Å². The number of hydrogen-bond acceptors (Lipinski definition) is 5. The molecule has 1 N–H and O–H groups in total. The summed E-state index contributed by atoms with van der Waals surface area (Å²) in [5.74, 6) is -0.142. The van der Waals surface area contributed by atoms with Crippen molar-refractivity contribution in [2.45, 2.75) is 20.3 Å². The first kappa shape index (κ1) is 17.4. The van der Waals surface area contributed by atoms with E-state index in [9.17, 15) is 9.59 Å². The number of pyridine rings is 1. The van der Waals surface area contributed by atoms with E-state index in [1.807, 2.05) is 19.1 Å². The fourth-order valence-electron chi connectivity index (χ4n) is 3.27. The summed E-state index contributed by atoms with van der Waals surface area (Å²) in [7, 11) is 0. The van der Waals surface area contributed by atoms with Crippen molar-refractivity contribution in [3.8, 4) is 11.3 Å². The monoisotopic (exact) mass is 378 g/mol. The number of carbonyl (C=O) groups is 2. The molecule has 4 rings (SSSR count). The highest BCUT2D eigenvalue weighted by molar-refractivity contribution is 7.16. The van der Waals surface area contributed by atoms with Gasteiger partial charge in [0.2, 0.25) is 5.91 Å². The maximum absolute atomic E-state index is 12.3. The van der Waals surface area contributed by atoms with Crippen molar-refractivity contribution in [2.24, 2.45) is 0 Å². The van der Waals surface area contributed by atoms with E-state index >= 15 is 0 Å². The Hall–Kier alpha value is -3.06. The first-order valence-corrected chi connectivity index (χ1v) is 9.45. The molecule has 6 nitrogen and oxygen atoms in total. The van der Waals surface area contributed by atoms with Crippen molar-refractivity contribution >= 4 is 34.0 Å². The smallest absolute Gasteiger partial charge is 0.257 e. The summed E-state index contributed by atoms with van der Waals surface area (Å²) in [5, 5.41) is 3.42. The van der Waals surface area contributed by atoms with Gasteiger partial charge in [0, 0.05) is 47.6 Å². The normalized spacial score (nSPS) is 12.7. The Morgan fingerprint density at radius 3 is 2.70 bits per heavy atom. The van der Waals surface area contributed by atoms with Crippen LogP contribution in [-0.2, 0) is 11.2 Å². The van der Waals surface area contributed by atoms with E-state index in [4.69, 9.17) is 0 Å². The van der Waals surface area contributed by atoms with Crippen molar-refractivity contribution in [3.05, 3.63) is 58.7 Å². The Labute approximate surface area is 160 Å². The number of thiazole rings is 1. The number of aryl methyl sites for hydroxylation is 1. The number of fused-ring (bicyclic) bond motifs is 1. The lowest BCUT2D eigenvalue weighted by atomic mass is 10.1. The number of carbonyl (C=O) groups excluding carboxylic acids is 2. The van der Waals surface area contributed by atoms with Crippen LogP contribution in [0.2, 0.25) is 0 Å². The zero-order chi connectivity index (χ0) is 19.0. The Balaban J connectivity index is 1.59. The Bertz CT molecular complexity index is 1030. The number of anilines is 2. The molecule has 0 spiro atoms. The average molecular weight is 378 g/mol. The second kappa shape index (κ2) is 6.92. The molecule has 2 amide bonds. The lowest BCUT2D eigenvalue weighted by Crippen LogP contribution is -2.25. The van der Waals surface area contributed by atoms with Gasteiger partial charge in [-0.15, -0.1) is 11.3 Å². The van der Waals surface area contributed by atoms with Crippen molar-refractivity contribution < 1.29 is 9.59 Å². The summed E-state index contributed by atoms with van der Waals surface area (Å²) in [4.78, 5) is 35.4. The summed E-state index contributed by atoms with van der Waals surface area (Å²) in [5.41, 5.74) is 4.52. The second-order valence-electron chi connectivity index (χ2n) is 6.38. The third-order valence-corrected chi connectivity index (χ3v) is 5.47. The zero-order valence-corrected chi connectivity index (χ0v) is 15.8. The molecule has 0 radical (unpaired) electrons. The molecule has 1 aliphatic heterocycles. The summed E-state index contributed by atoms with van der Waals surface area (Å²) < 4.78 is 0. The first-order chi connectivity index (χ1) is 13.0. The quantitative estimate of drug-likeness (QED) is 0.754. The fraction of sp³-hybridized carbons (Fsp3) is 0.200. The number of benzene rings is 1. The van der Waals surface area contributed by atoms with Gasteiger partial charge in [-0.2, -0.15) is 0 Å². The second-order valence-corrected chi connectivity index (χ2v) is 7.58. The van der Waals surface area contributed by atoms with E-state index in [0.717, 1.165) is 40.4 Å². The van der Waals surface area contributed by atoms with Crippen LogP contribution in [0.5, 0.6) is 0 Å². The highest BCUT2D eigenvalue weighted by Gasteiger charge is 2.23. The van der Waals surface area contributed by atoms with Gasteiger partial charge < -0.3 is 4.90 Å². The van der Waals surface area contributed by atoms with Crippen LogP contribution in [0, 0.1) is 6.92 Å². The fourth-order valence-corrected chi connectivity index (χ4v) is 4.10. The molecule has 3 aromatic rings. The molecular formula is C20H18N4O2S. The topological polar surface area (TPSA) is 75.2 Å². The maximum atomic E-state index is 12.3. The van der Waals surface area contributed by atoms with E-state index in [1.165, 1.54) is 11.3 Å². The molecule has 136 valence electrons. The molecule has 0 fully saturated rings. The van der Waals surface area contributed by atoms with E-state index in [0.29, 0.717) is 10.7 Å². The Morgan fingerprint density at radius 1 is 1.19 bits per heavy atom. The van der Waals surface area contributed by atoms with Gasteiger partial charge in [-0.1, -0.05) is 6.07 Å². The minimum atomic E-state index is -0.205. The molecular weight excluding hydrogens is 360 g/mol. The molecule has 0 bridgehead atoms. The largest absolute Gasteiger partial charge is 0.312 e. The van der Waals surface area contributed by atoms with Crippen LogP contribution in [0.1, 0.15) is 27.7 Å². The number of rotatable bonds is 3. The predicted molar refractivity (Wildman–Crippen MR) is 106 cm³/mol. The number of aromatic nitrogens is 2. The van der Waals surface area contributed by atoms with Gasteiger partial charge >= 0.3 is 0 Å². The standard InChI is InChI=1S/C20H18N4O2S/c1-12-18(16-3-4-17-15(11-16)7-10-24(17)13(2)25)22-20(27-12)23-19(26)14-5-8-21-9-6-14/h3-6,8-9,11H,7,10H2,1-2H3,(H,22,23,26). The van der Waals surface area contributed by atoms with E-state index in [-0.39, 0.29) is 11.8 Å².